The number of nitrogens with zero attached hydrogens (tertiary/aromatic N) is 4. The SMILES string of the molecule is CCN1C(=O)C(C)(C)C(=O)N(C)c2cc(OCCCN(CCNC=O)Cc3ccncc3)ccc21. The van der Waals surface area contributed by atoms with Crippen LogP contribution in [0.5, 0.6) is 5.75 Å². The molecule has 2 aromatic rings. The monoisotopic (exact) mass is 481 g/mol. The number of carbonyl (C=O) groups excluding carboxylic acids is 3. The lowest BCUT2D eigenvalue weighted by molar-refractivity contribution is -0.137. The molecule has 1 aromatic heterocycles. The van der Waals surface area contributed by atoms with Crippen LogP contribution in [0.4, 0.5) is 11.4 Å². The van der Waals surface area contributed by atoms with E-state index in [0.717, 1.165) is 31.6 Å². The Labute approximate surface area is 207 Å². The van der Waals surface area contributed by atoms with Gasteiger partial charge in [-0.2, -0.15) is 0 Å². The highest BCUT2D eigenvalue weighted by Crippen LogP contribution is 2.40. The van der Waals surface area contributed by atoms with Crippen LogP contribution in [-0.2, 0) is 20.9 Å². The second-order valence-corrected chi connectivity index (χ2v) is 9.09. The van der Waals surface area contributed by atoms with Gasteiger partial charge in [-0.05, 0) is 57.0 Å². The first-order valence-corrected chi connectivity index (χ1v) is 11.9. The van der Waals surface area contributed by atoms with E-state index < -0.39 is 5.41 Å². The molecule has 9 nitrogen and oxygen atoms in total. The maximum atomic E-state index is 13.0. The van der Waals surface area contributed by atoms with Crippen molar-refractivity contribution >= 4 is 29.6 Å². The van der Waals surface area contributed by atoms with Gasteiger partial charge in [-0.3, -0.25) is 24.3 Å². The van der Waals surface area contributed by atoms with Crippen molar-refractivity contribution < 1.29 is 19.1 Å². The van der Waals surface area contributed by atoms with Crippen molar-refractivity contribution in [2.45, 2.75) is 33.7 Å². The number of hydrogen-bond acceptors (Lipinski definition) is 6. The molecule has 0 aliphatic carbocycles. The van der Waals surface area contributed by atoms with Gasteiger partial charge in [-0.15, -0.1) is 0 Å². The van der Waals surface area contributed by atoms with Crippen molar-refractivity contribution in [1.29, 1.82) is 0 Å². The molecular weight excluding hydrogens is 446 g/mol. The van der Waals surface area contributed by atoms with E-state index in [1.54, 1.807) is 43.1 Å². The van der Waals surface area contributed by atoms with Gasteiger partial charge in [0, 0.05) is 58.2 Å². The highest BCUT2D eigenvalue weighted by atomic mass is 16.5. The van der Waals surface area contributed by atoms with Crippen molar-refractivity contribution in [1.82, 2.24) is 15.2 Å². The molecule has 0 spiro atoms. The van der Waals surface area contributed by atoms with Gasteiger partial charge in [0.15, 0.2) is 0 Å². The summed E-state index contributed by atoms with van der Waals surface area (Å²) in [5.74, 6) is 0.199. The fourth-order valence-corrected chi connectivity index (χ4v) is 4.25. The van der Waals surface area contributed by atoms with Crippen LogP contribution in [0.1, 0.15) is 32.8 Å². The number of anilines is 2. The zero-order valence-corrected chi connectivity index (χ0v) is 21.0. The van der Waals surface area contributed by atoms with Crippen LogP contribution in [0.15, 0.2) is 42.7 Å². The number of fused-ring (bicyclic) bond motifs is 1. The number of pyridine rings is 1. The summed E-state index contributed by atoms with van der Waals surface area (Å²) in [6.45, 7) is 9.05. The number of hydrogen-bond donors (Lipinski definition) is 1. The number of ether oxygens (including phenoxy) is 1. The number of rotatable bonds is 12. The number of amides is 3. The smallest absolute Gasteiger partial charge is 0.242 e. The van der Waals surface area contributed by atoms with E-state index in [9.17, 15) is 14.4 Å². The molecule has 1 N–H and O–H groups in total. The molecule has 0 saturated heterocycles. The lowest BCUT2D eigenvalue weighted by Crippen LogP contribution is -2.47. The van der Waals surface area contributed by atoms with Gasteiger partial charge in [-0.1, -0.05) is 0 Å². The third-order valence-electron chi connectivity index (χ3n) is 6.23. The molecule has 188 valence electrons. The molecule has 0 radical (unpaired) electrons. The number of nitrogens with one attached hydrogen (secondary N) is 1. The molecule has 3 rings (SSSR count). The predicted molar refractivity (Wildman–Crippen MR) is 135 cm³/mol. The zero-order valence-electron chi connectivity index (χ0n) is 21.0. The average molecular weight is 482 g/mol. The molecule has 0 saturated carbocycles. The van der Waals surface area contributed by atoms with Crippen molar-refractivity contribution in [2.24, 2.45) is 5.41 Å². The minimum Gasteiger partial charge on any atom is -0.493 e. The van der Waals surface area contributed by atoms with Gasteiger partial charge in [0.1, 0.15) is 11.2 Å². The van der Waals surface area contributed by atoms with Gasteiger partial charge in [0.2, 0.25) is 18.2 Å². The highest BCUT2D eigenvalue weighted by Gasteiger charge is 2.45. The first-order chi connectivity index (χ1) is 16.8. The molecule has 0 atom stereocenters. The van der Waals surface area contributed by atoms with Crippen molar-refractivity contribution in [3.63, 3.8) is 0 Å². The molecule has 3 amide bonds. The molecule has 0 fully saturated rings. The summed E-state index contributed by atoms with van der Waals surface area (Å²) in [6.07, 6.45) is 5.04. The normalized spacial score (nSPS) is 15.1. The molecule has 2 heterocycles. The van der Waals surface area contributed by atoms with E-state index in [1.165, 1.54) is 0 Å². The molecule has 35 heavy (non-hydrogen) atoms. The summed E-state index contributed by atoms with van der Waals surface area (Å²) in [7, 11) is 1.70. The molecule has 1 aliphatic rings. The maximum Gasteiger partial charge on any atom is 0.242 e. The first-order valence-electron chi connectivity index (χ1n) is 11.9. The van der Waals surface area contributed by atoms with E-state index in [0.29, 0.717) is 43.2 Å². The zero-order chi connectivity index (χ0) is 25.4. The summed E-state index contributed by atoms with van der Waals surface area (Å²) < 4.78 is 6.02. The molecule has 1 aliphatic heterocycles. The Bertz CT molecular complexity index is 1030. The van der Waals surface area contributed by atoms with Crippen LogP contribution in [0.3, 0.4) is 0 Å². The highest BCUT2D eigenvalue weighted by molar-refractivity contribution is 6.20. The van der Waals surface area contributed by atoms with Crippen LogP contribution in [-0.4, -0.2) is 67.9 Å². The first kappa shape index (κ1) is 26.2. The molecule has 0 unspecified atom stereocenters. The Balaban J connectivity index is 1.65. The Morgan fingerprint density at radius 2 is 1.83 bits per heavy atom. The fourth-order valence-electron chi connectivity index (χ4n) is 4.25. The quantitative estimate of drug-likeness (QED) is 0.284. The minimum atomic E-state index is -1.14. The van der Waals surface area contributed by atoms with E-state index in [-0.39, 0.29) is 11.8 Å². The van der Waals surface area contributed by atoms with Crippen molar-refractivity contribution in [2.75, 3.05) is 49.6 Å². The summed E-state index contributed by atoms with van der Waals surface area (Å²) in [5.41, 5.74) is 1.38. The van der Waals surface area contributed by atoms with Crippen molar-refractivity contribution in [3.05, 3.63) is 48.3 Å². The van der Waals surface area contributed by atoms with Crippen LogP contribution >= 0.6 is 0 Å². The molecule has 0 bridgehead atoms. The van der Waals surface area contributed by atoms with Gasteiger partial charge in [0.25, 0.3) is 0 Å². The van der Waals surface area contributed by atoms with Gasteiger partial charge >= 0.3 is 0 Å². The predicted octanol–water partition coefficient (Wildman–Crippen LogP) is 2.45. The molecule has 9 heteroatoms. The van der Waals surface area contributed by atoms with Gasteiger partial charge < -0.3 is 19.9 Å². The van der Waals surface area contributed by atoms with Crippen LogP contribution < -0.4 is 19.9 Å². The van der Waals surface area contributed by atoms with Crippen LogP contribution in [0, 0.1) is 5.41 Å². The van der Waals surface area contributed by atoms with E-state index in [4.69, 9.17) is 4.74 Å². The van der Waals surface area contributed by atoms with Gasteiger partial charge in [-0.25, -0.2) is 0 Å². The average Bonchev–Trinajstić information content (AvgIpc) is 2.91. The minimum absolute atomic E-state index is 0.206. The van der Waals surface area contributed by atoms with Crippen molar-refractivity contribution in [3.8, 4) is 5.75 Å². The fraction of sp³-hybridized carbons (Fsp3) is 0.462. The summed E-state index contributed by atoms with van der Waals surface area (Å²) in [4.78, 5) is 46.2. The third kappa shape index (κ3) is 6.16. The van der Waals surface area contributed by atoms with Crippen LogP contribution in [0.2, 0.25) is 0 Å². The number of benzene rings is 1. The van der Waals surface area contributed by atoms with Crippen LogP contribution in [0.25, 0.3) is 0 Å². The Kier molecular flexibility index (Phi) is 8.81. The number of carbonyl (C=O) groups is 3. The Morgan fingerprint density at radius 1 is 1.09 bits per heavy atom. The largest absolute Gasteiger partial charge is 0.493 e. The molecular formula is C26H35N5O4. The lowest BCUT2D eigenvalue weighted by atomic mass is 9.90. The van der Waals surface area contributed by atoms with E-state index in [1.807, 2.05) is 37.3 Å². The lowest BCUT2D eigenvalue weighted by Gasteiger charge is -2.27. The summed E-state index contributed by atoms with van der Waals surface area (Å²) in [6, 6.07) is 9.48. The summed E-state index contributed by atoms with van der Waals surface area (Å²) in [5, 5.41) is 2.71. The number of aromatic nitrogens is 1. The molecule has 1 aromatic carbocycles. The second kappa shape index (κ2) is 11.8. The standard InChI is InChI=1S/C26H35N5O4/c1-5-31-22-8-7-21(17-23(22)29(4)24(33)26(2,3)25(31)34)35-16-6-14-30(15-13-28-19-32)18-20-9-11-27-12-10-20/h7-12,17,19H,5-6,13-16,18H2,1-4H3,(H,28,32). The Hall–Kier alpha value is -3.46. The van der Waals surface area contributed by atoms with E-state index >= 15 is 0 Å². The summed E-state index contributed by atoms with van der Waals surface area (Å²) >= 11 is 0. The topological polar surface area (TPSA) is 95.1 Å². The third-order valence-corrected chi connectivity index (χ3v) is 6.23. The Morgan fingerprint density at radius 3 is 2.51 bits per heavy atom. The maximum absolute atomic E-state index is 13.0. The van der Waals surface area contributed by atoms with E-state index in [2.05, 4.69) is 15.2 Å². The second-order valence-electron chi connectivity index (χ2n) is 9.09. The van der Waals surface area contributed by atoms with Gasteiger partial charge in [0.05, 0.1) is 18.0 Å².